The minimum Gasteiger partial charge on any atom is -0.340 e. The van der Waals surface area contributed by atoms with E-state index in [1.54, 1.807) is 11.3 Å². The zero-order valence-electron chi connectivity index (χ0n) is 15.1. The van der Waals surface area contributed by atoms with Gasteiger partial charge < -0.3 is 14.7 Å². The van der Waals surface area contributed by atoms with E-state index in [1.807, 2.05) is 17.5 Å². The lowest BCUT2D eigenvalue weighted by Gasteiger charge is -2.34. The standard InChI is InChI=1S/C18H26N4O2S.ClH/c1-2-12-22(14-8-10-19-11-9-14)17(23)7-3-6-16-20-18(21-24-16)15-5-4-13-25-15;/h4-5,13-14,19H,2-3,6-12H2,1H3;1H. The smallest absolute Gasteiger partial charge is 0.226 e. The van der Waals surface area contributed by atoms with Crippen LogP contribution in [-0.4, -0.2) is 46.6 Å². The summed E-state index contributed by atoms with van der Waals surface area (Å²) in [6.07, 6.45) is 5.05. The molecule has 0 bridgehead atoms. The fourth-order valence-electron chi connectivity index (χ4n) is 3.27. The molecule has 26 heavy (non-hydrogen) atoms. The van der Waals surface area contributed by atoms with Crippen LogP contribution in [0.25, 0.3) is 10.7 Å². The molecule has 0 radical (unpaired) electrons. The molecular formula is C18H27ClN4O2S. The molecule has 6 nitrogen and oxygen atoms in total. The molecule has 1 fully saturated rings. The number of carbonyl (C=O) groups excluding carboxylic acids is 1. The molecule has 0 unspecified atom stereocenters. The second-order valence-corrected chi connectivity index (χ2v) is 7.36. The third-order valence-corrected chi connectivity index (χ3v) is 5.39. The molecule has 3 heterocycles. The highest BCUT2D eigenvalue weighted by molar-refractivity contribution is 7.13. The first-order valence-corrected chi connectivity index (χ1v) is 10.0. The first kappa shape index (κ1) is 20.9. The lowest BCUT2D eigenvalue weighted by Crippen LogP contribution is -2.46. The first-order valence-electron chi connectivity index (χ1n) is 9.14. The third kappa shape index (κ3) is 5.53. The topological polar surface area (TPSA) is 71.3 Å². The van der Waals surface area contributed by atoms with Gasteiger partial charge in [-0.25, -0.2) is 0 Å². The van der Waals surface area contributed by atoms with Crippen molar-refractivity contribution < 1.29 is 9.32 Å². The normalized spacial score (nSPS) is 14.8. The highest BCUT2D eigenvalue weighted by Crippen LogP contribution is 2.22. The highest BCUT2D eigenvalue weighted by Gasteiger charge is 2.24. The van der Waals surface area contributed by atoms with Crippen LogP contribution in [0.1, 0.15) is 44.9 Å². The van der Waals surface area contributed by atoms with E-state index in [-0.39, 0.29) is 18.3 Å². The number of aromatic nitrogens is 2. The van der Waals surface area contributed by atoms with E-state index < -0.39 is 0 Å². The highest BCUT2D eigenvalue weighted by atomic mass is 35.5. The summed E-state index contributed by atoms with van der Waals surface area (Å²) in [5.41, 5.74) is 0. The van der Waals surface area contributed by atoms with Crippen LogP contribution in [0.5, 0.6) is 0 Å². The Bertz CT molecular complexity index is 656. The lowest BCUT2D eigenvalue weighted by molar-refractivity contribution is -0.134. The van der Waals surface area contributed by atoms with Crippen molar-refractivity contribution in [3.8, 4) is 10.7 Å². The van der Waals surface area contributed by atoms with E-state index in [9.17, 15) is 4.79 Å². The summed E-state index contributed by atoms with van der Waals surface area (Å²) in [5.74, 6) is 1.51. The van der Waals surface area contributed by atoms with Gasteiger partial charge in [0, 0.05) is 25.4 Å². The Morgan fingerprint density at radius 2 is 2.23 bits per heavy atom. The number of rotatable bonds is 8. The maximum atomic E-state index is 12.7. The van der Waals surface area contributed by atoms with Crippen molar-refractivity contribution in [2.45, 2.75) is 51.5 Å². The molecule has 1 aliphatic rings. The number of carbonyl (C=O) groups is 1. The summed E-state index contributed by atoms with van der Waals surface area (Å²) in [6, 6.07) is 4.34. The van der Waals surface area contributed by atoms with Gasteiger partial charge in [0.25, 0.3) is 0 Å². The average molecular weight is 399 g/mol. The number of hydrogen-bond acceptors (Lipinski definition) is 6. The zero-order valence-corrected chi connectivity index (χ0v) is 16.8. The molecule has 2 aromatic heterocycles. The Kier molecular flexibility index (Phi) is 8.54. The van der Waals surface area contributed by atoms with Crippen LogP contribution in [0, 0.1) is 0 Å². The fraction of sp³-hybridized carbons (Fsp3) is 0.611. The van der Waals surface area contributed by atoms with Gasteiger partial charge in [-0.05, 0) is 50.2 Å². The van der Waals surface area contributed by atoms with Gasteiger partial charge in [-0.1, -0.05) is 18.1 Å². The molecule has 0 saturated carbocycles. The number of nitrogens with one attached hydrogen (secondary N) is 1. The number of halogens is 1. The van der Waals surface area contributed by atoms with Gasteiger partial charge in [0.2, 0.25) is 17.6 Å². The number of amides is 1. The van der Waals surface area contributed by atoms with E-state index in [4.69, 9.17) is 4.52 Å². The van der Waals surface area contributed by atoms with Gasteiger partial charge in [0.15, 0.2) is 0 Å². The monoisotopic (exact) mass is 398 g/mol. The first-order chi connectivity index (χ1) is 12.3. The van der Waals surface area contributed by atoms with E-state index in [0.29, 0.717) is 30.6 Å². The van der Waals surface area contributed by atoms with Crippen molar-refractivity contribution >= 4 is 29.7 Å². The van der Waals surface area contributed by atoms with E-state index >= 15 is 0 Å². The number of piperidine rings is 1. The van der Waals surface area contributed by atoms with Gasteiger partial charge in [0.1, 0.15) is 0 Å². The van der Waals surface area contributed by atoms with E-state index in [0.717, 1.165) is 50.2 Å². The van der Waals surface area contributed by atoms with Crippen LogP contribution in [-0.2, 0) is 11.2 Å². The molecule has 8 heteroatoms. The molecule has 1 aliphatic heterocycles. The molecule has 1 N–H and O–H groups in total. The van der Waals surface area contributed by atoms with E-state index in [2.05, 4.69) is 27.3 Å². The molecule has 0 spiro atoms. The van der Waals surface area contributed by atoms with Crippen molar-refractivity contribution in [3.63, 3.8) is 0 Å². The van der Waals surface area contributed by atoms with Gasteiger partial charge in [0.05, 0.1) is 4.88 Å². The summed E-state index contributed by atoms with van der Waals surface area (Å²) >= 11 is 1.59. The second-order valence-electron chi connectivity index (χ2n) is 6.41. The van der Waals surface area contributed by atoms with Gasteiger partial charge >= 0.3 is 0 Å². The number of nitrogens with zero attached hydrogens (tertiary/aromatic N) is 3. The molecule has 0 aromatic carbocycles. The minimum atomic E-state index is 0. The predicted molar refractivity (Wildman–Crippen MR) is 106 cm³/mol. The Labute approximate surface area is 164 Å². The Balaban J connectivity index is 0.00000243. The van der Waals surface area contributed by atoms with Crippen LogP contribution in [0.3, 0.4) is 0 Å². The van der Waals surface area contributed by atoms with Gasteiger partial charge in [-0.3, -0.25) is 4.79 Å². The zero-order chi connectivity index (χ0) is 17.5. The van der Waals surface area contributed by atoms with Gasteiger partial charge in [-0.15, -0.1) is 23.7 Å². The largest absolute Gasteiger partial charge is 0.340 e. The van der Waals surface area contributed by atoms with Crippen LogP contribution in [0.15, 0.2) is 22.0 Å². The Hall–Kier alpha value is -1.44. The maximum absolute atomic E-state index is 12.7. The second kappa shape index (κ2) is 10.6. The summed E-state index contributed by atoms with van der Waals surface area (Å²) in [4.78, 5) is 20.2. The molecular weight excluding hydrogens is 372 g/mol. The molecule has 1 saturated heterocycles. The fourth-order valence-corrected chi connectivity index (χ4v) is 3.92. The third-order valence-electron chi connectivity index (χ3n) is 4.53. The molecule has 0 aliphatic carbocycles. The quantitative estimate of drug-likeness (QED) is 0.736. The van der Waals surface area contributed by atoms with E-state index in [1.165, 1.54) is 0 Å². The van der Waals surface area contributed by atoms with Crippen LogP contribution >= 0.6 is 23.7 Å². The number of hydrogen-bond donors (Lipinski definition) is 1. The Morgan fingerprint density at radius 1 is 1.42 bits per heavy atom. The molecule has 0 atom stereocenters. The van der Waals surface area contributed by atoms with Crippen molar-refractivity contribution in [2.75, 3.05) is 19.6 Å². The van der Waals surface area contributed by atoms with Crippen LogP contribution in [0.2, 0.25) is 0 Å². The summed E-state index contributed by atoms with van der Waals surface area (Å²) in [7, 11) is 0. The van der Waals surface area contributed by atoms with Crippen molar-refractivity contribution in [1.82, 2.24) is 20.4 Å². The summed E-state index contributed by atoms with van der Waals surface area (Å²) in [5, 5.41) is 9.37. The van der Waals surface area contributed by atoms with Crippen LogP contribution in [0.4, 0.5) is 0 Å². The Morgan fingerprint density at radius 3 is 2.92 bits per heavy atom. The van der Waals surface area contributed by atoms with Crippen molar-refractivity contribution in [3.05, 3.63) is 23.4 Å². The van der Waals surface area contributed by atoms with Gasteiger partial charge in [-0.2, -0.15) is 4.98 Å². The molecule has 3 rings (SSSR count). The van der Waals surface area contributed by atoms with Crippen LogP contribution < -0.4 is 5.32 Å². The number of thiophene rings is 1. The van der Waals surface area contributed by atoms with Crippen molar-refractivity contribution in [1.29, 1.82) is 0 Å². The summed E-state index contributed by atoms with van der Waals surface area (Å²) in [6.45, 7) is 5.00. The minimum absolute atomic E-state index is 0. The maximum Gasteiger partial charge on any atom is 0.226 e. The molecule has 1 amide bonds. The predicted octanol–water partition coefficient (Wildman–Crippen LogP) is 3.53. The number of aryl methyl sites for hydroxylation is 1. The summed E-state index contributed by atoms with van der Waals surface area (Å²) < 4.78 is 5.31. The van der Waals surface area contributed by atoms with Crippen molar-refractivity contribution in [2.24, 2.45) is 0 Å². The average Bonchev–Trinajstić information content (AvgIpc) is 3.31. The molecule has 2 aromatic rings. The molecule has 144 valence electrons. The lowest BCUT2D eigenvalue weighted by atomic mass is 10.0. The SMILES string of the molecule is CCCN(C(=O)CCCc1nc(-c2cccs2)no1)C1CCNCC1.Cl.